The third-order valence-electron chi connectivity index (χ3n) is 3.79. The van der Waals surface area contributed by atoms with Crippen LogP contribution in [0.5, 0.6) is 0 Å². The topological polar surface area (TPSA) is 84.7 Å². The van der Waals surface area contributed by atoms with Crippen LogP contribution in [-0.4, -0.2) is 47.7 Å². The lowest BCUT2D eigenvalue weighted by atomic mass is 10.0. The number of nitrogens with one attached hydrogen (secondary N) is 1. The summed E-state index contributed by atoms with van der Waals surface area (Å²) in [7, 11) is 0. The van der Waals surface area contributed by atoms with Crippen LogP contribution in [0.1, 0.15) is 53.9 Å². The third kappa shape index (κ3) is 5.83. The number of ether oxygens (including phenoxy) is 1. The zero-order valence-corrected chi connectivity index (χ0v) is 14.5. The van der Waals surface area contributed by atoms with Crippen LogP contribution in [0.3, 0.4) is 0 Å². The summed E-state index contributed by atoms with van der Waals surface area (Å²) in [6.45, 7) is 10.5. The molecule has 6 heteroatoms. The zero-order chi connectivity index (χ0) is 16.9. The number of amides is 2. The molecule has 1 unspecified atom stereocenters. The Morgan fingerprint density at radius 3 is 2.50 bits per heavy atom. The summed E-state index contributed by atoms with van der Waals surface area (Å²) in [6, 6.07) is -0.537. The van der Waals surface area contributed by atoms with Crippen molar-refractivity contribution in [2.24, 2.45) is 11.7 Å². The molecule has 0 aromatic rings. The van der Waals surface area contributed by atoms with Crippen LogP contribution < -0.4 is 11.1 Å². The van der Waals surface area contributed by atoms with Crippen LogP contribution in [0.2, 0.25) is 0 Å². The Kier molecular flexibility index (Phi) is 6.66. The maximum absolute atomic E-state index is 12.3. The molecule has 1 saturated heterocycles. The van der Waals surface area contributed by atoms with Crippen molar-refractivity contribution in [1.82, 2.24) is 10.2 Å². The molecule has 0 aromatic carbocycles. The molecule has 22 heavy (non-hydrogen) atoms. The van der Waals surface area contributed by atoms with E-state index >= 15 is 0 Å². The molecule has 3 N–H and O–H groups in total. The first-order valence-electron chi connectivity index (χ1n) is 8.14. The highest BCUT2D eigenvalue weighted by Gasteiger charge is 2.31. The van der Waals surface area contributed by atoms with Crippen LogP contribution in [0.15, 0.2) is 0 Å². The summed E-state index contributed by atoms with van der Waals surface area (Å²) in [6.07, 6.45) is 2.58. The molecule has 0 aliphatic carbocycles. The van der Waals surface area contributed by atoms with Crippen LogP contribution >= 0.6 is 0 Å². The summed E-state index contributed by atoms with van der Waals surface area (Å²) in [5, 5.41) is 2.87. The van der Waals surface area contributed by atoms with Crippen molar-refractivity contribution in [2.75, 3.05) is 13.1 Å². The lowest BCUT2D eigenvalue weighted by molar-refractivity contribution is -0.123. The smallest absolute Gasteiger partial charge is 0.410 e. The second-order valence-electron chi connectivity index (χ2n) is 7.34. The number of nitrogens with two attached hydrogens (primary N) is 1. The van der Waals surface area contributed by atoms with Crippen molar-refractivity contribution in [3.05, 3.63) is 0 Å². The van der Waals surface area contributed by atoms with Gasteiger partial charge in [0.2, 0.25) is 5.91 Å². The average Bonchev–Trinajstić information content (AvgIpc) is 2.42. The van der Waals surface area contributed by atoms with E-state index in [4.69, 9.17) is 10.5 Å². The summed E-state index contributed by atoms with van der Waals surface area (Å²) < 4.78 is 5.45. The summed E-state index contributed by atoms with van der Waals surface area (Å²) in [5.74, 6) is -0.0713. The van der Waals surface area contributed by atoms with E-state index in [1.807, 2.05) is 34.6 Å². The number of nitrogens with zero attached hydrogens (tertiary/aromatic N) is 1. The van der Waals surface area contributed by atoms with Crippen molar-refractivity contribution < 1.29 is 14.3 Å². The van der Waals surface area contributed by atoms with Crippen LogP contribution in [0.25, 0.3) is 0 Å². The lowest BCUT2D eigenvalue weighted by Crippen LogP contribution is -2.53. The Morgan fingerprint density at radius 1 is 1.32 bits per heavy atom. The third-order valence-corrected chi connectivity index (χ3v) is 3.79. The molecule has 2 amide bonds. The van der Waals surface area contributed by atoms with Gasteiger partial charge in [0.25, 0.3) is 0 Å². The van der Waals surface area contributed by atoms with E-state index in [0.717, 1.165) is 19.3 Å². The quantitative estimate of drug-likeness (QED) is 0.830. The summed E-state index contributed by atoms with van der Waals surface area (Å²) >= 11 is 0. The van der Waals surface area contributed by atoms with E-state index < -0.39 is 11.6 Å². The second kappa shape index (κ2) is 7.81. The molecule has 0 bridgehead atoms. The van der Waals surface area contributed by atoms with Gasteiger partial charge in [-0.3, -0.25) is 4.79 Å². The van der Waals surface area contributed by atoms with E-state index in [-0.39, 0.29) is 24.0 Å². The van der Waals surface area contributed by atoms with Crippen molar-refractivity contribution in [2.45, 2.75) is 71.6 Å². The fourth-order valence-electron chi connectivity index (χ4n) is 2.41. The normalized spacial score (nSPS) is 20.7. The highest BCUT2D eigenvalue weighted by molar-refractivity contribution is 5.81. The van der Waals surface area contributed by atoms with Crippen molar-refractivity contribution in [1.29, 1.82) is 0 Å². The van der Waals surface area contributed by atoms with Gasteiger partial charge in [0, 0.05) is 13.1 Å². The van der Waals surface area contributed by atoms with Crippen LogP contribution in [0.4, 0.5) is 4.79 Å². The minimum atomic E-state index is -0.515. The van der Waals surface area contributed by atoms with Crippen molar-refractivity contribution in [3.63, 3.8) is 0 Å². The molecule has 1 fully saturated rings. The first kappa shape index (κ1) is 18.7. The van der Waals surface area contributed by atoms with Gasteiger partial charge < -0.3 is 20.7 Å². The van der Waals surface area contributed by atoms with E-state index in [9.17, 15) is 9.59 Å². The maximum Gasteiger partial charge on any atom is 0.410 e. The number of likely N-dealkylation sites (tertiary alicyclic amines) is 1. The highest BCUT2D eigenvalue weighted by atomic mass is 16.6. The molecule has 0 spiro atoms. The van der Waals surface area contributed by atoms with Gasteiger partial charge in [-0.1, -0.05) is 13.8 Å². The molecule has 1 aliphatic rings. The SMILES string of the molecule is CC(C)[C@H](N)C(=O)NCC1CCCCN1C(=O)OC(C)(C)C. The predicted octanol–water partition coefficient (Wildman–Crippen LogP) is 1.88. The van der Waals surface area contributed by atoms with Gasteiger partial charge in [-0.2, -0.15) is 0 Å². The molecule has 128 valence electrons. The van der Waals surface area contributed by atoms with E-state index in [2.05, 4.69) is 5.32 Å². The van der Waals surface area contributed by atoms with E-state index in [1.165, 1.54) is 0 Å². The highest BCUT2D eigenvalue weighted by Crippen LogP contribution is 2.20. The summed E-state index contributed by atoms with van der Waals surface area (Å²) in [5.41, 5.74) is 5.32. The maximum atomic E-state index is 12.3. The van der Waals surface area contributed by atoms with Gasteiger partial charge >= 0.3 is 6.09 Å². The molecule has 1 rings (SSSR count). The van der Waals surface area contributed by atoms with E-state index in [1.54, 1.807) is 4.90 Å². The fourth-order valence-corrected chi connectivity index (χ4v) is 2.41. The number of rotatable bonds is 4. The Labute approximate surface area is 133 Å². The molecule has 6 nitrogen and oxygen atoms in total. The standard InChI is InChI=1S/C16H31N3O3/c1-11(2)13(17)14(20)18-10-12-8-6-7-9-19(12)15(21)22-16(3,4)5/h11-13H,6-10,17H2,1-5H3,(H,18,20)/t12?,13-/m0/s1. The molecule has 2 atom stereocenters. The Morgan fingerprint density at radius 2 is 1.95 bits per heavy atom. The number of carbonyl (C=O) groups excluding carboxylic acids is 2. The van der Waals surface area contributed by atoms with Gasteiger partial charge in [0.1, 0.15) is 5.60 Å². The summed E-state index contributed by atoms with van der Waals surface area (Å²) in [4.78, 5) is 26.0. The van der Waals surface area contributed by atoms with Crippen LogP contribution in [0, 0.1) is 5.92 Å². The number of piperidine rings is 1. The van der Waals surface area contributed by atoms with Crippen LogP contribution in [-0.2, 0) is 9.53 Å². The average molecular weight is 313 g/mol. The minimum absolute atomic E-state index is 0.0214. The monoisotopic (exact) mass is 313 g/mol. The van der Waals surface area contributed by atoms with Gasteiger partial charge in [-0.15, -0.1) is 0 Å². The zero-order valence-electron chi connectivity index (χ0n) is 14.5. The molecule has 1 heterocycles. The minimum Gasteiger partial charge on any atom is -0.444 e. The van der Waals surface area contributed by atoms with Gasteiger partial charge in [0.15, 0.2) is 0 Å². The van der Waals surface area contributed by atoms with Crippen molar-refractivity contribution in [3.8, 4) is 0 Å². The Hall–Kier alpha value is -1.30. The Balaban J connectivity index is 2.59. The second-order valence-corrected chi connectivity index (χ2v) is 7.34. The number of carbonyl (C=O) groups is 2. The van der Waals surface area contributed by atoms with Gasteiger partial charge in [-0.05, 0) is 46.0 Å². The first-order valence-corrected chi connectivity index (χ1v) is 8.14. The van der Waals surface area contributed by atoms with Crippen molar-refractivity contribution >= 4 is 12.0 Å². The van der Waals surface area contributed by atoms with E-state index in [0.29, 0.717) is 13.1 Å². The fraction of sp³-hybridized carbons (Fsp3) is 0.875. The predicted molar refractivity (Wildman–Crippen MR) is 86.4 cm³/mol. The molecule has 0 saturated carbocycles. The molecule has 0 radical (unpaired) electrons. The number of hydrogen-bond acceptors (Lipinski definition) is 4. The van der Waals surface area contributed by atoms with Gasteiger partial charge in [0.05, 0.1) is 12.1 Å². The largest absolute Gasteiger partial charge is 0.444 e. The first-order chi connectivity index (χ1) is 10.1. The number of hydrogen-bond donors (Lipinski definition) is 2. The molecular formula is C16H31N3O3. The molecule has 0 aromatic heterocycles. The molecule has 1 aliphatic heterocycles. The molecular weight excluding hydrogens is 282 g/mol. The lowest BCUT2D eigenvalue weighted by Gasteiger charge is -2.37. The van der Waals surface area contributed by atoms with Gasteiger partial charge in [-0.25, -0.2) is 4.79 Å². The Bertz CT molecular complexity index is 391.